The Morgan fingerprint density at radius 2 is 1.55 bits per heavy atom. The van der Waals surface area contributed by atoms with Crippen molar-refractivity contribution in [2.24, 2.45) is 23.7 Å². The third-order valence-electron chi connectivity index (χ3n) is 9.76. The lowest BCUT2D eigenvalue weighted by molar-refractivity contribution is -0.142. The second-order valence-corrected chi connectivity index (χ2v) is 13.9. The highest BCUT2D eigenvalue weighted by molar-refractivity contribution is 5.90. The van der Waals surface area contributed by atoms with Gasteiger partial charge in [0.1, 0.15) is 6.04 Å². The number of hydrogen-bond donors (Lipinski definition) is 1. The van der Waals surface area contributed by atoms with Crippen LogP contribution in [0.1, 0.15) is 114 Å². The number of nitrogens with one attached hydrogen (secondary N) is 1. The van der Waals surface area contributed by atoms with Crippen LogP contribution < -0.4 is 5.32 Å². The van der Waals surface area contributed by atoms with E-state index < -0.39 is 6.04 Å². The number of likely N-dealkylation sites (tertiary alicyclic amines) is 1. The van der Waals surface area contributed by atoms with Gasteiger partial charge in [-0.2, -0.15) is 0 Å². The van der Waals surface area contributed by atoms with Gasteiger partial charge < -0.3 is 19.9 Å². The summed E-state index contributed by atoms with van der Waals surface area (Å²) in [7, 11) is 5.58. The molecule has 0 bridgehead atoms. The van der Waals surface area contributed by atoms with Gasteiger partial charge in [-0.3, -0.25) is 19.3 Å². The van der Waals surface area contributed by atoms with Crippen LogP contribution >= 0.6 is 0 Å². The average Bonchev–Trinajstić information content (AvgIpc) is 3.40. The van der Waals surface area contributed by atoms with Crippen LogP contribution in [0.3, 0.4) is 0 Å². The first-order valence-electron chi connectivity index (χ1n) is 16.7. The SMILES string of the molecule is CCCC(C)[C@@H](OC)[C@@H]1CCCN1C(=O)CCC(C(C)CC)N(C)C(=O)C(NC(=O)C(C(C)C)N(C)C(C)C)C(C)C. The monoisotopic (exact) mass is 595 g/mol. The third-order valence-corrected chi connectivity index (χ3v) is 9.76. The van der Waals surface area contributed by atoms with Gasteiger partial charge in [0.25, 0.3) is 0 Å². The molecule has 0 saturated carbocycles. The minimum Gasteiger partial charge on any atom is -0.379 e. The molecule has 0 aromatic heterocycles. The van der Waals surface area contributed by atoms with E-state index in [1.165, 1.54) is 0 Å². The number of methoxy groups -OCH3 is 1. The van der Waals surface area contributed by atoms with Crippen molar-refractivity contribution in [2.45, 2.75) is 150 Å². The van der Waals surface area contributed by atoms with Gasteiger partial charge in [0, 0.05) is 39.2 Å². The standard InChI is InChI=1S/C34H66N4O4/c1-14-17-26(10)32(42-13)28-18-16-21-38(28)29(39)20-19-27(25(9)15-2)37(12)34(41)30(22(3)4)35-33(40)31(23(5)6)36(11)24(7)8/h22-28,30-32H,14-21H2,1-13H3,(H,35,40)/t25?,26?,27?,28-,30?,31?,32+/m0/s1. The predicted octanol–water partition coefficient (Wildman–Crippen LogP) is 5.59. The molecular weight excluding hydrogens is 528 g/mol. The van der Waals surface area contributed by atoms with Crippen LogP contribution in [0.2, 0.25) is 0 Å². The Bertz CT molecular complexity index is 832. The van der Waals surface area contributed by atoms with Crippen LogP contribution in [0.15, 0.2) is 0 Å². The van der Waals surface area contributed by atoms with E-state index in [0.717, 1.165) is 38.6 Å². The zero-order chi connectivity index (χ0) is 32.3. The number of carbonyl (C=O) groups is 3. The van der Waals surface area contributed by atoms with Crippen molar-refractivity contribution in [2.75, 3.05) is 27.7 Å². The number of ether oxygens (including phenoxy) is 1. The van der Waals surface area contributed by atoms with Crippen molar-refractivity contribution in [3.05, 3.63) is 0 Å². The summed E-state index contributed by atoms with van der Waals surface area (Å²) in [5, 5.41) is 3.12. The fourth-order valence-corrected chi connectivity index (χ4v) is 6.79. The third kappa shape index (κ3) is 10.2. The largest absolute Gasteiger partial charge is 0.379 e. The quantitative estimate of drug-likeness (QED) is 0.224. The van der Waals surface area contributed by atoms with E-state index in [-0.39, 0.29) is 65.7 Å². The van der Waals surface area contributed by atoms with Gasteiger partial charge >= 0.3 is 0 Å². The fourth-order valence-electron chi connectivity index (χ4n) is 6.79. The molecule has 1 aliphatic heterocycles. The molecule has 1 rings (SSSR count). The summed E-state index contributed by atoms with van der Waals surface area (Å²) in [4.78, 5) is 47.0. The Hall–Kier alpha value is -1.67. The fraction of sp³-hybridized carbons (Fsp3) is 0.912. The summed E-state index contributed by atoms with van der Waals surface area (Å²) in [6.07, 6.45) is 6.11. The topological polar surface area (TPSA) is 82.2 Å². The number of hydrogen-bond acceptors (Lipinski definition) is 5. The Labute approximate surface area is 258 Å². The maximum absolute atomic E-state index is 14.0. The second-order valence-electron chi connectivity index (χ2n) is 13.9. The molecule has 0 aromatic carbocycles. The molecule has 0 aromatic rings. The first-order valence-corrected chi connectivity index (χ1v) is 16.7. The first-order chi connectivity index (χ1) is 19.6. The van der Waals surface area contributed by atoms with E-state index in [1.807, 2.05) is 51.6 Å². The minimum absolute atomic E-state index is 0.0471. The molecule has 1 fully saturated rings. The molecule has 1 N–H and O–H groups in total. The number of rotatable bonds is 18. The van der Waals surface area contributed by atoms with Gasteiger partial charge in [-0.1, -0.05) is 68.2 Å². The highest BCUT2D eigenvalue weighted by Crippen LogP contribution is 2.30. The highest BCUT2D eigenvalue weighted by Gasteiger charge is 2.39. The molecule has 8 nitrogen and oxygen atoms in total. The molecule has 42 heavy (non-hydrogen) atoms. The van der Waals surface area contributed by atoms with Gasteiger partial charge in [-0.25, -0.2) is 0 Å². The number of likely N-dealkylation sites (N-methyl/N-ethyl adjacent to an activating group) is 2. The number of amides is 3. The number of carbonyl (C=O) groups excluding carboxylic acids is 3. The van der Waals surface area contributed by atoms with Gasteiger partial charge in [0.2, 0.25) is 17.7 Å². The van der Waals surface area contributed by atoms with Crippen molar-refractivity contribution in [3.8, 4) is 0 Å². The van der Waals surface area contributed by atoms with Crippen LogP contribution in [0.25, 0.3) is 0 Å². The smallest absolute Gasteiger partial charge is 0.245 e. The lowest BCUT2D eigenvalue weighted by Crippen LogP contribution is -2.58. The van der Waals surface area contributed by atoms with E-state index in [1.54, 1.807) is 7.11 Å². The van der Waals surface area contributed by atoms with Gasteiger partial charge in [-0.05, 0) is 70.3 Å². The summed E-state index contributed by atoms with van der Waals surface area (Å²) < 4.78 is 5.94. The maximum Gasteiger partial charge on any atom is 0.245 e. The van der Waals surface area contributed by atoms with Crippen LogP contribution in [0, 0.1) is 23.7 Å². The second kappa shape index (κ2) is 18.2. The van der Waals surface area contributed by atoms with Crippen LogP contribution in [0.5, 0.6) is 0 Å². The normalized spacial score (nSPS) is 20.1. The van der Waals surface area contributed by atoms with E-state index in [4.69, 9.17) is 4.74 Å². The Balaban J connectivity index is 3.08. The van der Waals surface area contributed by atoms with Crippen molar-refractivity contribution < 1.29 is 19.1 Å². The Morgan fingerprint density at radius 1 is 0.929 bits per heavy atom. The summed E-state index contributed by atoms with van der Waals surface area (Å²) in [5.74, 6) is 0.614. The van der Waals surface area contributed by atoms with E-state index >= 15 is 0 Å². The van der Waals surface area contributed by atoms with E-state index in [9.17, 15) is 14.4 Å². The average molecular weight is 595 g/mol. The molecule has 7 atom stereocenters. The van der Waals surface area contributed by atoms with Gasteiger partial charge in [0.15, 0.2) is 0 Å². The van der Waals surface area contributed by atoms with Crippen LogP contribution in [0.4, 0.5) is 0 Å². The molecule has 1 saturated heterocycles. The van der Waals surface area contributed by atoms with Crippen molar-refractivity contribution in [1.82, 2.24) is 20.0 Å². The molecule has 1 aliphatic rings. The minimum atomic E-state index is -0.628. The summed E-state index contributed by atoms with van der Waals surface area (Å²) in [6.45, 7) is 21.7. The van der Waals surface area contributed by atoms with E-state index in [2.05, 4.69) is 51.8 Å². The van der Waals surface area contributed by atoms with E-state index in [0.29, 0.717) is 18.8 Å². The highest BCUT2D eigenvalue weighted by atomic mass is 16.5. The molecule has 246 valence electrons. The Kier molecular flexibility index (Phi) is 16.6. The zero-order valence-corrected chi connectivity index (χ0v) is 29.4. The molecule has 8 heteroatoms. The summed E-state index contributed by atoms with van der Waals surface area (Å²) >= 11 is 0. The maximum atomic E-state index is 14.0. The van der Waals surface area contributed by atoms with Crippen LogP contribution in [-0.4, -0.2) is 96.5 Å². The van der Waals surface area contributed by atoms with Crippen molar-refractivity contribution in [1.29, 1.82) is 0 Å². The summed E-state index contributed by atoms with van der Waals surface area (Å²) in [6, 6.07) is -0.727. The van der Waals surface area contributed by atoms with Gasteiger partial charge in [0.05, 0.1) is 18.2 Å². The lowest BCUT2D eigenvalue weighted by Gasteiger charge is -2.38. The summed E-state index contributed by atoms with van der Waals surface area (Å²) in [5.41, 5.74) is 0. The molecule has 0 aliphatic carbocycles. The molecule has 3 amide bonds. The number of nitrogens with zero attached hydrogens (tertiary/aromatic N) is 3. The molecule has 1 heterocycles. The first kappa shape index (κ1) is 38.4. The van der Waals surface area contributed by atoms with Crippen molar-refractivity contribution >= 4 is 17.7 Å². The van der Waals surface area contributed by atoms with Gasteiger partial charge in [-0.15, -0.1) is 0 Å². The molecule has 0 spiro atoms. The predicted molar refractivity (Wildman–Crippen MR) is 173 cm³/mol. The zero-order valence-electron chi connectivity index (χ0n) is 29.4. The van der Waals surface area contributed by atoms with Crippen molar-refractivity contribution in [3.63, 3.8) is 0 Å². The lowest BCUT2D eigenvalue weighted by atomic mass is 9.90. The molecular formula is C34H66N4O4. The van der Waals surface area contributed by atoms with Crippen LogP contribution in [-0.2, 0) is 19.1 Å². The molecule has 0 radical (unpaired) electrons. The molecule has 5 unspecified atom stereocenters. The Morgan fingerprint density at radius 3 is 2.02 bits per heavy atom.